The minimum Gasteiger partial charge on any atom is -0.507 e. The van der Waals surface area contributed by atoms with Crippen LogP contribution >= 0.6 is 0 Å². The summed E-state index contributed by atoms with van der Waals surface area (Å²) in [6, 6.07) is 14.7. The van der Waals surface area contributed by atoms with E-state index in [-0.39, 0.29) is 16.9 Å². The summed E-state index contributed by atoms with van der Waals surface area (Å²) in [4.78, 5) is 12.0. The van der Waals surface area contributed by atoms with Gasteiger partial charge in [0, 0.05) is 0 Å². The fraction of sp³-hybridized carbons (Fsp3) is 0.211. The molecule has 0 atom stereocenters. The lowest BCUT2D eigenvalue weighted by atomic mass is 9.87. The number of phenols is 1. The standard InChI is InChI=1S/C19H20O2/c1-19(2,3)15-11-8-14(9-12-15)10-13-18(21)16-6-4-5-7-17(16)20/h4-13,20H,1-3H3. The van der Waals surface area contributed by atoms with E-state index in [4.69, 9.17) is 0 Å². The second-order valence-electron chi connectivity index (χ2n) is 6.09. The molecule has 2 aromatic rings. The van der Waals surface area contributed by atoms with E-state index in [1.54, 1.807) is 24.3 Å². The predicted octanol–water partition coefficient (Wildman–Crippen LogP) is 4.59. The first kappa shape index (κ1) is 15.0. The first-order valence-corrected chi connectivity index (χ1v) is 6.99. The van der Waals surface area contributed by atoms with Crippen LogP contribution in [0, 0.1) is 0 Å². The quantitative estimate of drug-likeness (QED) is 0.659. The zero-order valence-corrected chi connectivity index (χ0v) is 12.6. The first-order valence-electron chi connectivity index (χ1n) is 6.99. The molecule has 0 saturated carbocycles. The van der Waals surface area contributed by atoms with Crippen LogP contribution in [0.5, 0.6) is 5.75 Å². The molecule has 0 aliphatic heterocycles. The Morgan fingerprint density at radius 2 is 1.62 bits per heavy atom. The molecule has 2 nitrogen and oxygen atoms in total. The molecule has 2 aromatic carbocycles. The van der Waals surface area contributed by atoms with Gasteiger partial charge in [-0.1, -0.05) is 63.2 Å². The van der Waals surface area contributed by atoms with Gasteiger partial charge in [0.2, 0.25) is 0 Å². The van der Waals surface area contributed by atoms with Gasteiger partial charge in [-0.3, -0.25) is 4.79 Å². The van der Waals surface area contributed by atoms with Crippen LogP contribution in [0.4, 0.5) is 0 Å². The van der Waals surface area contributed by atoms with E-state index in [1.807, 2.05) is 12.1 Å². The van der Waals surface area contributed by atoms with Gasteiger partial charge in [0.05, 0.1) is 5.56 Å². The number of benzene rings is 2. The molecule has 0 amide bonds. The molecule has 0 bridgehead atoms. The number of ketones is 1. The van der Waals surface area contributed by atoms with Crippen molar-refractivity contribution < 1.29 is 9.90 Å². The van der Waals surface area contributed by atoms with Gasteiger partial charge >= 0.3 is 0 Å². The highest BCUT2D eigenvalue weighted by Crippen LogP contribution is 2.22. The number of para-hydroxylation sites is 1. The molecule has 0 heterocycles. The van der Waals surface area contributed by atoms with Crippen molar-refractivity contribution in [3.05, 3.63) is 71.3 Å². The lowest BCUT2D eigenvalue weighted by Gasteiger charge is -2.18. The summed E-state index contributed by atoms with van der Waals surface area (Å²) < 4.78 is 0. The fourth-order valence-corrected chi connectivity index (χ4v) is 2.04. The molecule has 2 heteroatoms. The van der Waals surface area contributed by atoms with Gasteiger partial charge in [0.1, 0.15) is 5.75 Å². The van der Waals surface area contributed by atoms with Crippen molar-refractivity contribution >= 4 is 11.9 Å². The number of hydrogen-bond acceptors (Lipinski definition) is 2. The average Bonchev–Trinajstić information content (AvgIpc) is 2.45. The van der Waals surface area contributed by atoms with Crippen LogP contribution in [-0.4, -0.2) is 10.9 Å². The van der Waals surface area contributed by atoms with Crippen molar-refractivity contribution in [2.75, 3.05) is 0 Å². The maximum Gasteiger partial charge on any atom is 0.189 e. The van der Waals surface area contributed by atoms with Crippen molar-refractivity contribution in [1.29, 1.82) is 0 Å². The molecule has 108 valence electrons. The summed E-state index contributed by atoms with van der Waals surface area (Å²) in [7, 11) is 0. The van der Waals surface area contributed by atoms with Gasteiger partial charge in [-0.15, -0.1) is 0 Å². The Kier molecular flexibility index (Phi) is 4.27. The van der Waals surface area contributed by atoms with Gasteiger partial charge in [0.15, 0.2) is 5.78 Å². The number of phenolic OH excluding ortho intramolecular Hbond substituents is 1. The molecule has 0 spiro atoms. The molecule has 2 rings (SSSR count). The zero-order valence-electron chi connectivity index (χ0n) is 12.6. The highest BCUT2D eigenvalue weighted by atomic mass is 16.3. The summed E-state index contributed by atoms with van der Waals surface area (Å²) >= 11 is 0. The lowest BCUT2D eigenvalue weighted by Crippen LogP contribution is -2.10. The molecule has 0 aliphatic carbocycles. The van der Waals surface area contributed by atoms with E-state index in [9.17, 15) is 9.90 Å². The summed E-state index contributed by atoms with van der Waals surface area (Å²) in [6.45, 7) is 6.50. The number of allylic oxidation sites excluding steroid dienone is 1. The molecule has 0 aliphatic rings. The Morgan fingerprint density at radius 3 is 2.19 bits per heavy atom. The second-order valence-corrected chi connectivity index (χ2v) is 6.09. The third kappa shape index (κ3) is 3.82. The SMILES string of the molecule is CC(C)(C)c1ccc(C=CC(=O)c2ccccc2O)cc1. The van der Waals surface area contributed by atoms with Crippen LogP contribution in [0.1, 0.15) is 42.3 Å². The van der Waals surface area contributed by atoms with Crippen LogP contribution < -0.4 is 0 Å². The maximum absolute atomic E-state index is 12.0. The van der Waals surface area contributed by atoms with E-state index < -0.39 is 0 Å². The summed E-state index contributed by atoms with van der Waals surface area (Å²) in [5, 5.41) is 9.65. The molecular weight excluding hydrogens is 260 g/mol. The van der Waals surface area contributed by atoms with Crippen molar-refractivity contribution in [1.82, 2.24) is 0 Å². The number of carbonyl (C=O) groups excluding carboxylic acids is 1. The van der Waals surface area contributed by atoms with Crippen LogP contribution in [0.15, 0.2) is 54.6 Å². The Labute approximate surface area is 125 Å². The Balaban J connectivity index is 2.15. The van der Waals surface area contributed by atoms with Gasteiger partial charge in [-0.2, -0.15) is 0 Å². The van der Waals surface area contributed by atoms with Gasteiger partial charge in [0.25, 0.3) is 0 Å². The summed E-state index contributed by atoms with van der Waals surface area (Å²) in [5.74, 6) is -0.191. The Morgan fingerprint density at radius 1 is 1.00 bits per heavy atom. The van der Waals surface area contributed by atoms with Crippen molar-refractivity contribution in [2.24, 2.45) is 0 Å². The van der Waals surface area contributed by atoms with Crippen molar-refractivity contribution in [2.45, 2.75) is 26.2 Å². The number of aromatic hydroxyl groups is 1. The Bertz CT molecular complexity index is 659. The highest BCUT2D eigenvalue weighted by Gasteiger charge is 2.12. The third-order valence-electron chi connectivity index (χ3n) is 3.37. The Hall–Kier alpha value is -2.35. The van der Waals surface area contributed by atoms with E-state index in [0.29, 0.717) is 5.56 Å². The van der Waals surface area contributed by atoms with Crippen LogP contribution in [0.3, 0.4) is 0 Å². The van der Waals surface area contributed by atoms with Crippen LogP contribution in [0.25, 0.3) is 6.08 Å². The lowest BCUT2D eigenvalue weighted by molar-refractivity contribution is 0.104. The summed E-state index contributed by atoms with van der Waals surface area (Å²) in [6.07, 6.45) is 3.25. The molecule has 0 aromatic heterocycles. The van der Waals surface area contributed by atoms with E-state index in [1.165, 1.54) is 17.7 Å². The van der Waals surface area contributed by atoms with E-state index in [0.717, 1.165) is 5.56 Å². The summed E-state index contributed by atoms with van der Waals surface area (Å²) in [5.41, 5.74) is 2.66. The topological polar surface area (TPSA) is 37.3 Å². The van der Waals surface area contributed by atoms with Crippen molar-refractivity contribution in [3.63, 3.8) is 0 Å². The average molecular weight is 280 g/mol. The van der Waals surface area contributed by atoms with Gasteiger partial charge < -0.3 is 5.11 Å². The largest absolute Gasteiger partial charge is 0.507 e. The van der Waals surface area contributed by atoms with Crippen molar-refractivity contribution in [3.8, 4) is 5.75 Å². The molecule has 0 unspecified atom stereocenters. The fourth-order valence-electron chi connectivity index (χ4n) is 2.04. The molecule has 0 fully saturated rings. The molecule has 0 radical (unpaired) electrons. The minimum absolute atomic E-state index is 0.00947. The van der Waals surface area contributed by atoms with Crippen LogP contribution in [0.2, 0.25) is 0 Å². The molecular formula is C19H20O2. The van der Waals surface area contributed by atoms with Gasteiger partial charge in [-0.05, 0) is 34.8 Å². The number of carbonyl (C=O) groups is 1. The molecule has 1 N–H and O–H groups in total. The van der Waals surface area contributed by atoms with Crippen LogP contribution in [-0.2, 0) is 5.41 Å². The van der Waals surface area contributed by atoms with E-state index in [2.05, 4.69) is 32.9 Å². The predicted molar refractivity (Wildman–Crippen MR) is 86.6 cm³/mol. The maximum atomic E-state index is 12.0. The smallest absolute Gasteiger partial charge is 0.189 e. The first-order chi connectivity index (χ1) is 9.88. The van der Waals surface area contributed by atoms with E-state index >= 15 is 0 Å². The monoisotopic (exact) mass is 280 g/mol. The third-order valence-corrected chi connectivity index (χ3v) is 3.37. The highest BCUT2D eigenvalue weighted by molar-refractivity contribution is 6.08. The zero-order chi connectivity index (χ0) is 15.5. The normalized spacial score (nSPS) is 11.8. The second kappa shape index (κ2) is 5.96. The number of hydrogen-bond donors (Lipinski definition) is 1. The minimum atomic E-state index is -0.201. The van der Waals surface area contributed by atoms with Gasteiger partial charge in [-0.25, -0.2) is 0 Å². The molecule has 0 saturated heterocycles. The molecule has 21 heavy (non-hydrogen) atoms. The number of rotatable bonds is 3.